The standard InChI is InChI=1S/C23H24N4O6S/c1-4-31-20-10-16(5-7-18(20)32-12-17-6-8-19(33-17)22(29)30)11-24-27-21(28)13-34-23-25-14(2)9-15(3)26-23/h5-11H,4,12-13H2,1-3H3,(H,27,28)(H,29,30). The van der Waals surface area contributed by atoms with Crippen LogP contribution >= 0.6 is 11.8 Å². The van der Waals surface area contributed by atoms with E-state index in [-0.39, 0.29) is 24.0 Å². The van der Waals surface area contributed by atoms with E-state index in [2.05, 4.69) is 20.5 Å². The average Bonchev–Trinajstić information content (AvgIpc) is 3.26. The first-order chi connectivity index (χ1) is 16.3. The Morgan fingerprint density at radius 1 is 1.12 bits per heavy atom. The van der Waals surface area contributed by atoms with Gasteiger partial charge in [0.15, 0.2) is 16.7 Å². The van der Waals surface area contributed by atoms with Crippen LogP contribution in [0.15, 0.2) is 51.1 Å². The van der Waals surface area contributed by atoms with E-state index < -0.39 is 5.97 Å². The lowest BCUT2D eigenvalue weighted by Crippen LogP contribution is -2.19. The van der Waals surface area contributed by atoms with Crippen LogP contribution in [0.2, 0.25) is 0 Å². The van der Waals surface area contributed by atoms with Crippen LogP contribution in [0.4, 0.5) is 0 Å². The molecule has 0 saturated heterocycles. The minimum absolute atomic E-state index is 0.0404. The van der Waals surface area contributed by atoms with Gasteiger partial charge in [-0.2, -0.15) is 5.10 Å². The fourth-order valence-electron chi connectivity index (χ4n) is 2.81. The van der Waals surface area contributed by atoms with E-state index in [4.69, 9.17) is 19.0 Å². The first-order valence-electron chi connectivity index (χ1n) is 10.3. The average molecular weight is 485 g/mol. The van der Waals surface area contributed by atoms with Crippen molar-refractivity contribution >= 4 is 29.9 Å². The van der Waals surface area contributed by atoms with E-state index in [0.29, 0.717) is 34.6 Å². The van der Waals surface area contributed by atoms with Crippen LogP contribution in [0.1, 0.15) is 40.2 Å². The molecule has 34 heavy (non-hydrogen) atoms. The van der Waals surface area contributed by atoms with Gasteiger partial charge in [-0.05, 0) is 62.7 Å². The molecule has 0 aliphatic rings. The van der Waals surface area contributed by atoms with Crippen LogP contribution in [0.5, 0.6) is 11.5 Å². The van der Waals surface area contributed by atoms with E-state index in [1.807, 2.05) is 26.8 Å². The summed E-state index contributed by atoms with van der Waals surface area (Å²) in [6, 6.07) is 9.94. The van der Waals surface area contributed by atoms with E-state index in [1.165, 1.54) is 30.1 Å². The number of benzene rings is 1. The SMILES string of the molecule is CCOc1cc(C=NNC(=O)CSc2nc(C)cc(C)n2)ccc1OCc1ccc(C(=O)O)o1. The Morgan fingerprint density at radius 3 is 2.56 bits per heavy atom. The number of rotatable bonds is 11. The summed E-state index contributed by atoms with van der Waals surface area (Å²) in [5.74, 6) is -0.142. The maximum atomic E-state index is 12.1. The second-order valence-electron chi connectivity index (χ2n) is 7.01. The molecule has 0 fully saturated rings. The molecule has 0 atom stereocenters. The summed E-state index contributed by atoms with van der Waals surface area (Å²) >= 11 is 1.24. The number of aryl methyl sites for hydroxylation is 2. The Kier molecular flexibility index (Phi) is 8.63. The lowest BCUT2D eigenvalue weighted by atomic mass is 10.2. The number of amides is 1. The first kappa shape index (κ1) is 24.8. The van der Waals surface area contributed by atoms with Crippen LogP contribution in [-0.4, -0.2) is 45.5 Å². The Balaban J connectivity index is 1.55. The van der Waals surface area contributed by atoms with Crippen LogP contribution < -0.4 is 14.9 Å². The number of hydrazone groups is 1. The van der Waals surface area contributed by atoms with E-state index in [9.17, 15) is 9.59 Å². The highest BCUT2D eigenvalue weighted by molar-refractivity contribution is 7.99. The molecule has 3 rings (SSSR count). The van der Waals surface area contributed by atoms with Crippen molar-refractivity contribution in [2.75, 3.05) is 12.4 Å². The third-order valence-electron chi connectivity index (χ3n) is 4.21. The summed E-state index contributed by atoms with van der Waals surface area (Å²) in [6.45, 7) is 6.05. The molecule has 0 aliphatic carbocycles. The molecular formula is C23H24N4O6S. The molecule has 2 aromatic heterocycles. The zero-order chi connectivity index (χ0) is 24.5. The van der Waals surface area contributed by atoms with Gasteiger partial charge in [0, 0.05) is 11.4 Å². The highest BCUT2D eigenvalue weighted by Gasteiger charge is 2.11. The molecule has 0 unspecified atom stereocenters. The quantitative estimate of drug-likeness (QED) is 0.181. The van der Waals surface area contributed by atoms with Gasteiger partial charge in [0.25, 0.3) is 5.91 Å². The largest absolute Gasteiger partial charge is 0.490 e. The minimum Gasteiger partial charge on any atom is -0.490 e. The van der Waals surface area contributed by atoms with Crippen LogP contribution in [0, 0.1) is 13.8 Å². The number of nitrogens with zero attached hydrogens (tertiary/aromatic N) is 3. The zero-order valence-corrected chi connectivity index (χ0v) is 19.7. The first-order valence-corrected chi connectivity index (χ1v) is 11.3. The molecule has 1 amide bonds. The molecule has 178 valence electrons. The van der Waals surface area contributed by atoms with Crippen molar-refractivity contribution in [2.24, 2.45) is 5.10 Å². The lowest BCUT2D eigenvalue weighted by molar-refractivity contribution is -0.118. The second-order valence-corrected chi connectivity index (χ2v) is 7.96. The van der Waals surface area contributed by atoms with Crippen molar-refractivity contribution in [1.29, 1.82) is 0 Å². The Hall–Kier alpha value is -3.86. The number of aromatic carboxylic acids is 1. The molecule has 2 N–H and O–H groups in total. The second kappa shape index (κ2) is 11.8. The molecule has 0 aliphatic heterocycles. The van der Waals surface area contributed by atoms with Crippen molar-refractivity contribution in [2.45, 2.75) is 32.5 Å². The van der Waals surface area contributed by atoms with Crippen LogP contribution in [-0.2, 0) is 11.4 Å². The summed E-state index contributed by atoms with van der Waals surface area (Å²) in [5.41, 5.74) is 4.86. The van der Waals surface area contributed by atoms with Gasteiger partial charge in [-0.15, -0.1) is 0 Å². The molecule has 11 heteroatoms. The summed E-state index contributed by atoms with van der Waals surface area (Å²) in [6.07, 6.45) is 1.49. The predicted octanol–water partition coefficient (Wildman–Crippen LogP) is 3.60. The molecular weight excluding hydrogens is 460 g/mol. The normalized spacial score (nSPS) is 10.9. The molecule has 1 aromatic carbocycles. The van der Waals surface area contributed by atoms with Gasteiger partial charge in [-0.3, -0.25) is 4.79 Å². The van der Waals surface area contributed by atoms with Gasteiger partial charge in [-0.25, -0.2) is 20.2 Å². The Labute approximate surface area is 200 Å². The van der Waals surface area contributed by atoms with Gasteiger partial charge in [0.05, 0.1) is 18.6 Å². The van der Waals surface area contributed by atoms with Gasteiger partial charge < -0.3 is 19.0 Å². The van der Waals surface area contributed by atoms with E-state index >= 15 is 0 Å². The van der Waals surface area contributed by atoms with Crippen molar-refractivity contribution in [3.05, 3.63) is 64.9 Å². The Morgan fingerprint density at radius 2 is 1.88 bits per heavy atom. The lowest BCUT2D eigenvalue weighted by Gasteiger charge is -2.11. The van der Waals surface area contributed by atoms with Gasteiger partial charge in [0.1, 0.15) is 12.4 Å². The molecule has 0 spiro atoms. The van der Waals surface area contributed by atoms with Crippen molar-refractivity contribution in [1.82, 2.24) is 15.4 Å². The maximum absolute atomic E-state index is 12.1. The smallest absolute Gasteiger partial charge is 0.371 e. The molecule has 10 nitrogen and oxygen atoms in total. The number of carboxylic acid groups (broad SMARTS) is 1. The minimum atomic E-state index is -1.14. The molecule has 0 bridgehead atoms. The van der Waals surface area contributed by atoms with E-state index in [0.717, 1.165) is 11.4 Å². The highest BCUT2D eigenvalue weighted by Crippen LogP contribution is 2.29. The number of furan rings is 1. The number of thioether (sulfide) groups is 1. The molecule has 0 saturated carbocycles. The van der Waals surface area contributed by atoms with Gasteiger partial charge in [-0.1, -0.05) is 11.8 Å². The number of hydrogen-bond acceptors (Lipinski definition) is 9. The fourth-order valence-corrected chi connectivity index (χ4v) is 3.55. The zero-order valence-electron chi connectivity index (χ0n) is 18.9. The summed E-state index contributed by atoms with van der Waals surface area (Å²) in [5, 5.41) is 13.5. The van der Waals surface area contributed by atoms with Crippen LogP contribution in [0.25, 0.3) is 0 Å². The summed E-state index contributed by atoms with van der Waals surface area (Å²) < 4.78 is 16.5. The van der Waals surface area contributed by atoms with Crippen molar-refractivity contribution < 1.29 is 28.6 Å². The molecule has 0 radical (unpaired) electrons. The van der Waals surface area contributed by atoms with Crippen molar-refractivity contribution in [3.63, 3.8) is 0 Å². The molecule has 3 aromatic rings. The third-order valence-corrected chi connectivity index (χ3v) is 5.05. The number of aromatic nitrogens is 2. The number of carbonyl (C=O) groups excluding carboxylic acids is 1. The molecule has 2 heterocycles. The number of ether oxygens (including phenoxy) is 2. The highest BCUT2D eigenvalue weighted by atomic mass is 32.2. The fraction of sp³-hybridized carbons (Fsp3) is 0.261. The number of carboxylic acids is 1. The predicted molar refractivity (Wildman–Crippen MR) is 126 cm³/mol. The number of carbonyl (C=O) groups is 2. The number of nitrogens with one attached hydrogen (secondary N) is 1. The number of hydrogen-bond donors (Lipinski definition) is 2. The summed E-state index contributed by atoms with van der Waals surface area (Å²) in [4.78, 5) is 31.6. The summed E-state index contributed by atoms with van der Waals surface area (Å²) in [7, 11) is 0. The third kappa shape index (κ3) is 7.34. The van der Waals surface area contributed by atoms with E-state index in [1.54, 1.807) is 18.2 Å². The van der Waals surface area contributed by atoms with Gasteiger partial charge >= 0.3 is 5.97 Å². The van der Waals surface area contributed by atoms with Crippen LogP contribution in [0.3, 0.4) is 0 Å². The van der Waals surface area contributed by atoms with Gasteiger partial charge in [0.2, 0.25) is 5.76 Å². The van der Waals surface area contributed by atoms with Crippen molar-refractivity contribution in [3.8, 4) is 11.5 Å². The monoisotopic (exact) mass is 484 g/mol. The topological polar surface area (TPSA) is 136 Å². The maximum Gasteiger partial charge on any atom is 0.371 e. The Bertz CT molecular complexity index is 1170.